The average molecular weight is 291 g/mol. The minimum absolute atomic E-state index is 0.0919. The Labute approximate surface area is 125 Å². The molecule has 2 aromatic carbocycles. The third-order valence-corrected chi connectivity index (χ3v) is 4.66. The molecule has 0 N–H and O–H groups in total. The first-order valence-electron chi connectivity index (χ1n) is 6.98. The van der Waals surface area contributed by atoms with Gasteiger partial charge in [-0.05, 0) is 48.6 Å². The molecule has 0 spiro atoms. The number of aryl methyl sites for hydroxylation is 1. The lowest BCUT2D eigenvalue weighted by Crippen LogP contribution is -2.30. The van der Waals surface area contributed by atoms with Crippen LogP contribution in [-0.2, 0) is 11.8 Å². The highest BCUT2D eigenvalue weighted by Gasteiger charge is 2.30. The molecule has 0 fully saturated rings. The molecule has 2 heteroatoms. The van der Waals surface area contributed by atoms with Crippen LogP contribution in [0.4, 0.5) is 4.39 Å². The van der Waals surface area contributed by atoms with Crippen molar-refractivity contribution in [3.8, 4) is 0 Å². The molecule has 0 radical (unpaired) electrons. The fourth-order valence-corrected chi connectivity index (χ4v) is 3.10. The summed E-state index contributed by atoms with van der Waals surface area (Å²) in [6.45, 7) is 4.12. The Kier molecular flexibility index (Phi) is 4.82. The fraction of sp³-hybridized carbons (Fsp3) is 0.333. The molecule has 0 saturated heterocycles. The van der Waals surface area contributed by atoms with E-state index in [-0.39, 0.29) is 11.2 Å². The van der Waals surface area contributed by atoms with Crippen LogP contribution in [0.3, 0.4) is 0 Å². The van der Waals surface area contributed by atoms with Crippen molar-refractivity contribution >= 4 is 11.6 Å². The molecule has 0 aliphatic rings. The molecule has 106 valence electrons. The van der Waals surface area contributed by atoms with Crippen LogP contribution in [-0.4, -0.2) is 5.88 Å². The minimum atomic E-state index is -0.182. The summed E-state index contributed by atoms with van der Waals surface area (Å²) in [4.78, 5) is 0. The van der Waals surface area contributed by atoms with Crippen molar-refractivity contribution in [2.24, 2.45) is 0 Å². The van der Waals surface area contributed by atoms with Crippen LogP contribution < -0.4 is 0 Å². The van der Waals surface area contributed by atoms with E-state index in [9.17, 15) is 4.39 Å². The van der Waals surface area contributed by atoms with Gasteiger partial charge in [0.05, 0.1) is 0 Å². The Morgan fingerprint density at radius 2 is 1.80 bits per heavy atom. The van der Waals surface area contributed by atoms with E-state index in [1.54, 1.807) is 6.07 Å². The quantitative estimate of drug-likeness (QED) is 0.659. The Morgan fingerprint density at radius 1 is 1.10 bits per heavy atom. The highest BCUT2D eigenvalue weighted by atomic mass is 35.5. The first-order valence-corrected chi connectivity index (χ1v) is 7.51. The van der Waals surface area contributed by atoms with Crippen LogP contribution in [0.5, 0.6) is 0 Å². The second kappa shape index (κ2) is 6.41. The molecule has 0 amide bonds. The Hall–Kier alpha value is -1.34. The molecule has 1 atom stereocenters. The number of alkyl halides is 1. The minimum Gasteiger partial charge on any atom is -0.207 e. The first kappa shape index (κ1) is 15.1. The van der Waals surface area contributed by atoms with E-state index in [1.807, 2.05) is 31.2 Å². The monoisotopic (exact) mass is 290 g/mol. The van der Waals surface area contributed by atoms with Crippen molar-refractivity contribution in [2.45, 2.75) is 32.1 Å². The normalized spacial score (nSPS) is 14.0. The highest BCUT2D eigenvalue weighted by molar-refractivity contribution is 6.18. The van der Waals surface area contributed by atoms with Crippen molar-refractivity contribution in [1.82, 2.24) is 0 Å². The van der Waals surface area contributed by atoms with Gasteiger partial charge in [-0.25, -0.2) is 4.39 Å². The maximum Gasteiger partial charge on any atom is 0.123 e. The molecular formula is C18H20ClF. The third-order valence-electron chi connectivity index (χ3n) is 4.15. The van der Waals surface area contributed by atoms with Gasteiger partial charge in [-0.1, -0.05) is 43.3 Å². The molecule has 1 unspecified atom stereocenters. The number of hydrogen-bond donors (Lipinski definition) is 0. The van der Waals surface area contributed by atoms with Gasteiger partial charge in [-0.15, -0.1) is 11.6 Å². The molecule has 0 heterocycles. The molecule has 0 saturated carbocycles. The van der Waals surface area contributed by atoms with Gasteiger partial charge in [0.25, 0.3) is 0 Å². The van der Waals surface area contributed by atoms with Gasteiger partial charge in [-0.2, -0.15) is 0 Å². The summed E-state index contributed by atoms with van der Waals surface area (Å²) in [6, 6.07) is 15.4. The van der Waals surface area contributed by atoms with E-state index < -0.39 is 0 Å². The van der Waals surface area contributed by atoms with Crippen LogP contribution in [0.1, 0.15) is 30.0 Å². The van der Waals surface area contributed by atoms with Gasteiger partial charge in [0.15, 0.2) is 0 Å². The first-order chi connectivity index (χ1) is 9.61. The van der Waals surface area contributed by atoms with E-state index in [2.05, 4.69) is 19.1 Å². The fourth-order valence-electron chi connectivity index (χ4n) is 2.66. The second-order valence-corrected chi connectivity index (χ2v) is 5.65. The highest BCUT2D eigenvalue weighted by Crippen LogP contribution is 2.34. The summed E-state index contributed by atoms with van der Waals surface area (Å²) in [5.41, 5.74) is 3.31. The summed E-state index contributed by atoms with van der Waals surface area (Å²) in [7, 11) is 0. The SMILES string of the molecule is CCC(CCl)(Cc1ccc(F)cc1C)c1ccccc1. The molecule has 0 nitrogen and oxygen atoms in total. The Morgan fingerprint density at radius 3 is 2.35 bits per heavy atom. The molecule has 2 rings (SSSR count). The van der Waals surface area contributed by atoms with E-state index in [1.165, 1.54) is 11.6 Å². The van der Waals surface area contributed by atoms with Crippen LogP contribution in [0.2, 0.25) is 0 Å². The van der Waals surface area contributed by atoms with E-state index >= 15 is 0 Å². The van der Waals surface area contributed by atoms with Crippen molar-refractivity contribution in [3.63, 3.8) is 0 Å². The van der Waals surface area contributed by atoms with E-state index in [0.717, 1.165) is 24.0 Å². The van der Waals surface area contributed by atoms with Crippen LogP contribution in [0.15, 0.2) is 48.5 Å². The molecule has 0 bridgehead atoms. The Balaban J connectivity index is 2.39. The zero-order valence-corrected chi connectivity index (χ0v) is 12.8. The average Bonchev–Trinajstić information content (AvgIpc) is 2.48. The molecule has 2 aromatic rings. The van der Waals surface area contributed by atoms with Crippen LogP contribution in [0.25, 0.3) is 0 Å². The van der Waals surface area contributed by atoms with Gasteiger partial charge in [-0.3, -0.25) is 0 Å². The topological polar surface area (TPSA) is 0 Å². The smallest absolute Gasteiger partial charge is 0.123 e. The van der Waals surface area contributed by atoms with Crippen molar-refractivity contribution in [2.75, 3.05) is 5.88 Å². The lowest BCUT2D eigenvalue weighted by Gasteiger charge is -2.32. The van der Waals surface area contributed by atoms with Gasteiger partial charge >= 0.3 is 0 Å². The summed E-state index contributed by atoms with van der Waals surface area (Å²) in [5, 5.41) is 0. The number of rotatable bonds is 5. The molecule has 0 aliphatic carbocycles. The molecular weight excluding hydrogens is 271 g/mol. The summed E-state index contributed by atoms with van der Waals surface area (Å²) in [6.07, 6.45) is 1.79. The maximum atomic E-state index is 13.2. The maximum absolute atomic E-state index is 13.2. The summed E-state index contributed by atoms with van der Waals surface area (Å²) >= 11 is 6.32. The van der Waals surface area contributed by atoms with Gasteiger partial charge in [0, 0.05) is 11.3 Å². The largest absolute Gasteiger partial charge is 0.207 e. The predicted octanol–water partition coefficient (Wildman–Crippen LogP) is 5.26. The predicted molar refractivity (Wildman–Crippen MR) is 84.0 cm³/mol. The summed E-state index contributed by atoms with van der Waals surface area (Å²) in [5.74, 6) is 0.378. The van der Waals surface area contributed by atoms with Crippen molar-refractivity contribution in [1.29, 1.82) is 0 Å². The van der Waals surface area contributed by atoms with Gasteiger partial charge in [0.2, 0.25) is 0 Å². The number of hydrogen-bond acceptors (Lipinski definition) is 0. The van der Waals surface area contributed by atoms with Crippen molar-refractivity contribution in [3.05, 3.63) is 71.0 Å². The Bertz CT molecular complexity index is 559. The van der Waals surface area contributed by atoms with Crippen LogP contribution >= 0.6 is 11.6 Å². The standard InChI is InChI=1S/C18H20ClF/c1-3-18(13-19,16-7-5-4-6-8-16)12-15-9-10-17(20)11-14(15)2/h4-11H,3,12-13H2,1-2H3. The van der Waals surface area contributed by atoms with Gasteiger partial charge < -0.3 is 0 Å². The van der Waals surface area contributed by atoms with Crippen LogP contribution in [0, 0.1) is 12.7 Å². The lowest BCUT2D eigenvalue weighted by atomic mass is 9.74. The van der Waals surface area contributed by atoms with E-state index in [4.69, 9.17) is 11.6 Å². The number of halogens is 2. The zero-order valence-electron chi connectivity index (χ0n) is 12.0. The summed E-state index contributed by atoms with van der Waals surface area (Å²) < 4.78 is 13.2. The third kappa shape index (κ3) is 3.04. The molecule has 20 heavy (non-hydrogen) atoms. The lowest BCUT2D eigenvalue weighted by molar-refractivity contribution is 0.457. The van der Waals surface area contributed by atoms with Crippen molar-refractivity contribution < 1.29 is 4.39 Å². The molecule has 0 aromatic heterocycles. The zero-order chi connectivity index (χ0) is 14.6. The van der Waals surface area contributed by atoms with E-state index in [0.29, 0.717) is 5.88 Å². The number of benzene rings is 2. The molecule has 0 aliphatic heterocycles. The second-order valence-electron chi connectivity index (χ2n) is 5.38. The van der Waals surface area contributed by atoms with Gasteiger partial charge in [0.1, 0.15) is 5.82 Å².